The Morgan fingerprint density at radius 2 is 2.09 bits per heavy atom. The van der Waals surface area contributed by atoms with E-state index in [9.17, 15) is 19.7 Å². The molecule has 0 radical (unpaired) electrons. The number of hydrogen-bond acceptors (Lipinski definition) is 6. The molecule has 0 saturated carbocycles. The van der Waals surface area contributed by atoms with Gasteiger partial charge in [-0.15, -0.1) is 12.4 Å². The zero-order valence-electron chi connectivity index (χ0n) is 11.0. The minimum atomic E-state index is -0.611. The summed E-state index contributed by atoms with van der Waals surface area (Å²) in [5.74, 6) is -0.451. The molecule has 2 amide bonds. The molecule has 0 spiro atoms. The zero-order chi connectivity index (χ0) is 15.6. The van der Waals surface area contributed by atoms with Gasteiger partial charge in [0.15, 0.2) is 0 Å². The van der Waals surface area contributed by atoms with Gasteiger partial charge in [-0.05, 0) is 29.5 Å². The summed E-state index contributed by atoms with van der Waals surface area (Å²) in [5.41, 5.74) is 5.50. The minimum absolute atomic E-state index is 0. The number of amides is 2. The lowest BCUT2D eigenvalue weighted by atomic mass is 10.2. The summed E-state index contributed by atoms with van der Waals surface area (Å²) >= 11 is 6.49. The summed E-state index contributed by atoms with van der Waals surface area (Å²) in [6.45, 7) is 0.320. The molecule has 0 atom stereocenters. The topological polar surface area (TPSA) is 107 Å². The van der Waals surface area contributed by atoms with Crippen LogP contribution in [0.2, 0.25) is 5.02 Å². The van der Waals surface area contributed by atoms with E-state index in [1.165, 1.54) is 24.3 Å². The van der Waals surface area contributed by atoms with Crippen LogP contribution in [-0.2, 0) is 4.79 Å². The van der Waals surface area contributed by atoms with Crippen molar-refractivity contribution in [1.82, 2.24) is 4.90 Å². The maximum Gasteiger partial charge on any atom is 0.293 e. The average molecular weight is 364 g/mol. The molecule has 1 fully saturated rings. The fourth-order valence-corrected chi connectivity index (χ4v) is 2.78. The lowest BCUT2D eigenvalue weighted by molar-refractivity contribution is -0.384. The van der Waals surface area contributed by atoms with Crippen LogP contribution in [0, 0.1) is 10.1 Å². The summed E-state index contributed by atoms with van der Waals surface area (Å²) in [6.07, 6.45) is 1.42. The number of rotatable bonds is 4. The number of nitro groups is 1. The first-order valence-electron chi connectivity index (χ1n) is 5.83. The highest BCUT2D eigenvalue weighted by atomic mass is 35.5. The SMILES string of the molecule is Cl.NCCN1C(=O)SC(=Cc2ccc(Cl)c([N+](=O)[O-])c2)C1=O. The van der Waals surface area contributed by atoms with Crippen molar-refractivity contribution in [2.45, 2.75) is 0 Å². The molecule has 118 valence electrons. The first-order valence-corrected chi connectivity index (χ1v) is 7.03. The minimum Gasteiger partial charge on any atom is -0.329 e. The monoisotopic (exact) mass is 363 g/mol. The van der Waals surface area contributed by atoms with E-state index in [0.29, 0.717) is 5.56 Å². The number of halogens is 2. The Morgan fingerprint density at radius 1 is 1.41 bits per heavy atom. The Morgan fingerprint density at radius 3 is 2.68 bits per heavy atom. The molecule has 1 heterocycles. The van der Waals surface area contributed by atoms with Gasteiger partial charge in [-0.3, -0.25) is 24.6 Å². The molecule has 7 nitrogen and oxygen atoms in total. The second-order valence-corrected chi connectivity index (χ2v) is 5.49. The number of carbonyl (C=O) groups is 2. The predicted octanol–water partition coefficient (Wildman–Crippen LogP) is 2.67. The van der Waals surface area contributed by atoms with E-state index in [4.69, 9.17) is 17.3 Å². The predicted molar refractivity (Wildman–Crippen MR) is 87.1 cm³/mol. The maximum absolute atomic E-state index is 12.0. The van der Waals surface area contributed by atoms with E-state index in [2.05, 4.69) is 0 Å². The largest absolute Gasteiger partial charge is 0.329 e. The molecule has 1 saturated heterocycles. The quantitative estimate of drug-likeness (QED) is 0.500. The average Bonchev–Trinajstić information content (AvgIpc) is 2.69. The fourth-order valence-electron chi connectivity index (χ4n) is 1.73. The van der Waals surface area contributed by atoms with Gasteiger partial charge in [-0.25, -0.2) is 0 Å². The molecule has 1 aromatic rings. The molecule has 22 heavy (non-hydrogen) atoms. The summed E-state index contributed by atoms with van der Waals surface area (Å²) < 4.78 is 0. The Balaban J connectivity index is 0.00000242. The molecule has 0 aromatic heterocycles. The second kappa shape index (κ2) is 7.59. The smallest absolute Gasteiger partial charge is 0.293 e. The van der Waals surface area contributed by atoms with Crippen molar-refractivity contribution in [3.63, 3.8) is 0 Å². The maximum atomic E-state index is 12.0. The standard InChI is InChI=1S/C12H10ClN3O4S.ClH/c13-8-2-1-7(5-9(8)16(19)20)6-10-11(17)15(4-3-14)12(18)21-10;/h1-2,5-6H,3-4,14H2;1H. The van der Waals surface area contributed by atoms with Crippen LogP contribution in [0.3, 0.4) is 0 Å². The van der Waals surface area contributed by atoms with Gasteiger partial charge in [0.05, 0.1) is 9.83 Å². The van der Waals surface area contributed by atoms with Gasteiger partial charge >= 0.3 is 0 Å². The van der Waals surface area contributed by atoms with Crippen molar-refractivity contribution >= 4 is 58.7 Å². The molecule has 2 rings (SSSR count). The van der Waals surface area contributed by atoms with Gasteiger partial charge in [-0.2, -0.15) is 0 Å². The third kappa shape index (κ3) is 3.77. The van der Waals surface area contributed by atoms with Crippen LogP contribution in [0.25, 0.3) is 6.08 Å². The van der Waals surface area contributed by atoms with Crippen LogP contribution >= 0.6 is 35.8 Å². The van der Waals surface area contributed by atoms with Gasteiger partial charge in [0.2, 0.25) is 0 Å². The third-order valence-corrected chi connectivity index (χ3v) is 3.92. The summed E-state index contributed by atoms with van der Waals surface area (Å²) in [4.78, 5) is 35.1. The number of benzene rings is 1. The summed E-state index contributed by atoms with van der Waals surface area (Å²) in [6, 6.07) is 4.15. The van der Waals surface area contributed by atoms with Crippen LogP contribution in [0.4, 0.5) is 10.5 Å². The molecule has 1 aromatic carbocycles. The molecule has 10 heteroatoms. The van der Waals surface area contributed by atoms with E-state index in [0.717, 1.165) is 16.7 Å². The molecular weight excluding hydrogens is 353 g/mol. The summed E-state index contributed by atoms with van der Waals surface area (Å²) in [7, 11) is 0. The number of imide groups is 1. The van der Waals surface area contributed by atoms with E-state index in [1.54, 1.807) is 0 Å². The highest BCUT2D eigenvalue weighted by Gasteiger charge is 2.34. The molecule has 0 bridgehead atoms. The fraction of sp³-hybridized carbons (Fsp3) is 0.167. The van der Waals surface area contributed by atoms with Crippen molar-refractivity contribution < 1.29 is 14.5 Å². The van der Waals surface area contributed by atoms with Crippen LogP contribution in [0.5, 0.6) is 0 Å². The molecule has 2 N–H and O–H groups in total. The highest BCUT2D eigenvalue weighted by molar-refractivity contribution is 8.18. The Kier molecular flexibility index (Phi) is 6.36. The van der Waals surface area contributed by atoms with Crippen LogP contribution in [-0.4, -0.2) is 34.1 Å². The summed E-state index contributed by atoms with van der Waals surface area (Å²) in [5, 5.41) is 10.4. The van der Waals surface area contributed by atoms with Gasteiger partial charge < -0.3 is 5.73 Å². The normalized spacial score (nSPS) is 16.1. The number of hydrogen-bond donors (Lipinski definition) is 1. The lowest BCUT2D eigenvalue weighted by Crippen LogP contribution is -2.33. The number of nitro benzene ring substituents is 1. The van der Waals surface area contributed by atoms with Crippen LogP contribution in [0.15, 0.2) is 23.1 Å². The Bertz CT molecular complexity index is 666. The molecular formula is C12H11Cl2N3O4S. The highest BCUT2D eigenvalue weighted by Crippen LogP contribution is 2.33. The van der Waals surface area contributed by atoms with E-state index >= 15 is 0 Å². The van der Waals surface area contributed by atoms with Gasteiger partial charge in [0.1, 0.15) is 5.02 Å². The number of nitrogens with two attached hydrogens (primary N) is 1. The number of nitrogens with zero attached hydrogens (tertiary/aromatic N) is 2. The number of carbonyl (C=O) groups excluding carboxylic acids is 2. The van der Waals surface area contributed by atoms with Crippen LogP contribution < -0.4 is 5.73 Å². The number of thioether (sulfide) groups is 1. The van der Waals surface area contributed by atoms with E-state index < -0.39 is 16.1 Å². The molecule has 0 unspecified atom stereocenters. The van der Waals surface area contributed by atoms with Gasteiger partial charge in [0, 0.05) is 19.2 Å². The van der Waals surface area contributed by atoms with Crippen molar-refractivity contribution in [2.75, 3.05) is 13.1 Å². The first-order chi connectivity index (χ1) is 9.93. The van der Waals surface area contributed by atoms with Crippen molar-refractivity contribution in [3.05, 3.63) is 43.8 Å². The van der Waals surface area contributed by atoms with Crippen molar-refractivity contribution in [1.29, 1.82) is 0 Å². The van der Waals surface area contributed by atoms with Crippen molar-refractivity contribution in [3.8, 4) is 0 Å². The lowest BCUT2D eigenvalue weighted by Gasteiger charge is -2.09. The van der Waals surface area contributed by atoms with E-state index in [1.807, 2.05) is 0 Å². The Labute approximate surface area is 141 Å². The van der Waals surface area contributed by atoms with Gasteiger partial charge in [0.25, 0.3) is 16.8 Å². The second-order valence-electron chi connectivity index (χ2n) is 4.09. The van der Waals surface area contributed by atoms with Gasteiger partial charge in [-0.1, -0.05) is 17.7 Å². The first kappa shape index (κ1) is 18.4. The third-order valence-electron chi connectivity index (χ3n) is 2.69. The zero-order valence-corrected chi connectivity index (χ0v) is 13.4. The van der Waals surface area contributed by atoms with E-state index in [-0.39, 0.29) is 41.1 Å². The molecule has 1 aliphatic rings. The van der Waals surface area contributed by atoms with Crippen molar-refractivity contribution in [2.24, 2.45) is 5.73 Å². The molecule has 1 aliphatic heterocycles. The molecule has 0 aliphatic carbocycles. The van der Waals surface area contributed by atoms with Crippen LogP contribution in [0.1, 0.15) is 5.56 Å². The Hall–Kier alpha value is -1.61.